The summed E-state index contributed by atoms with van der Waals surface area (Å²) < 4.78 is 12.9. The molecular weight excluding hydrogens is 221 g/mol. The van der Waals surface area contributed by atoms with E-state index in [1.807, 2.05) is 6.07 Å². The number of carbonyl (C=O) groups is 1. The Labute approximate surface area is 99.8 Å². The van der Waals surface area contributed by atoms with E-state index >= 15 is 0 Å². The van der Waals surface area contributed by atoms with Gasteiger partial charge in [0.05, 0.1) is 0 Å². The molecule has 1 aromatic rings. The molecule has 0 radical (unpaired) electrons. The molecular formula is C12H16FN3O. The Balaban J connectivity index is 1.68. The molecule has 5 heteroatoms. The maximum atomic E-state index is 12.9. The minimum absolute atomic E-state index is 0.00226. The van der Waals surface area contributed by atoms with Crippen LogP contribution in [0.2, 0.25) is 0 Å². The van der Waals surface area contributed by atoms with E-state index in [-0.39, 0.29) is 11.8 Å². The van der Waals surface area contributed by atoms with Crippen molar-refractivity contribution in [3.8, 4) is 0 Å². The fourth-order valence-corrected chi connectivity index (χ4v) is 1.82. The standard InChI is InChI=1S/C12H16FN3O/c13-11-3-1-2-10(8-11)9-14-4-6-16-7-5-15-12(16)17/h1-3,8,14H,4-7,9H2,(H,15,17). The van der Waals surface area contributed by atoms with E-state index in [2.05, 4.69) is 10.6 Å². The molecule has 1 aromatic carbocycles. The van der Waals surface area contributed by atoms with Crippen LogP contribution in [0, 0.1) is 5.82 Å². The Morgan fingerprint density at radius 3 is 3.06 bits per heavy atom. The first-order valence-corrected chi connectivity index (χ1v) is 5.73. The molecule has 4 nitrogen and oxygen atoms in total. The molecule has 0 bridgehead atoms. The SMILES string of the molecule is O=C1NCCN1CCNCc1cccc(F)c1. The predicted octanol–water partition coefficient (Wildman–Crippen LogP) is 0.940. The molecule has 0 atom stereocenters. The van der Waals surface area contributed by atoms with Crippen LogP contribution >= 0.6 is 0 Å². The van der Waals surface area contributed by atoms with Gasteiger partial charge in [0.15, 0.2) is 0 Å². The zero-order valence-corrected chi connectivity index (χ0v) is 9.58. The van der Waals surface area contributed by atoms with E-state index < -0.39 is 0 Å². The third-order valence-electron chi connectivity index (χ3n) is 2.72. The van der Waals surface area contributed by atoms with Gasteiger partial charge in [-0.2, -0.15) is 0 Å². The molecule has 1 fully saturated rings. The van der Waals surface area contributed by atoms with Gasteiger partial charge < -0.3 is 15.5 Å². The lowest BCUT2D eigenvalue weighted by Crippen LogP contribution is -2.34. The molecule has 92 valence electrons. The Kier molecular flexibility index (Phi) is 3.93. The lowest BCUT2D eigenvalue weighted by molar-refractivity contribution is 0.217. The summed E-state index contributed by atoms with van der Waals surface area (Å²) in [4.78, 5) is 13.0. The van der Waals surface area contributed by atoms with Crippen molar-refractivity contribution in [2.45, 2.75) is 6.54 Å². The molecule has 17 heavy (non-hydrogen) atoms. The van der Waals surface area contributed by atoms with Crippen LogP contribution in [0.3, 0.4) is 0 Å². The summed E-state index contributed by atoms with van der Waals surface area (Å²) in [5.41, 5.74) is 0.913. The van der Waals surface area contributed by atoms with Crippen LogP contribution in [0.25, 0.3) is 0 Å². The summed E-state index contributed by atoms with van der Waals surface area (Å²) in [6, 6.07) is 6.50. The average molecular weight is 237 g/mol. The summed E-state index contributed by atoms with van der Waals surface area (Å²) in [5.74, 6) is -0.219. The predicted molar refractivity (Wildman–Crippen MR) is 63.1 cm³/mol. The van der Waals surface area contributed by atoms with E-state index in [4.69, 9.17) is 0 Å². The largest absolute Gasteiger partial charge is 0.336 e. The van der Waals surface area contributed by atoms with Crippen LogP contribution in [0.5, 0.6) is 0 Å². The number of halogens is 1. The van der Waals surface area contributed by atoms with Gasteiger partial charge in [0, 0.05) is 32.7 Å². The smallest absolute Gasteiger partial charge is 0.317 e. The number of nitrogens with one attached hydrogen (secondary N) is 2. The Morgan fingerprint density at radius 1 is 1.47 bits per heavy atom. The molecule has 2 N–H and O–H groups in total. The highest BCUT2D eigenvalue weighted by Gasteiger charge is 2.17. The van der Waals surface area contributed by atoms with Crippen LogP contribution < -0.4 is 10.6 Å². The van der Waals surface area contributed by atoms with Gasteiger partial charge in [-0.15, -0.1) is 0 Å². The third kappa shape index (κ3) is 3.42. The highest BCUT2D eigenvalue weighted by Crippen LogP contribution is 2.02. The number of urea groups is 1. The van der Waals surface area contributed by atoms with E-state index in [0.717, 1.165) is 18.7 Å². The fourth-order valence-electron chi connectivity index (χ4n) is 1.82. The average Bonchev–Trinajstić information content (AvgIpc) is 2.71. The minimum Gasteiger partial charge on any atom is -0.336 e. The molecule has 2 rings (SSSR count). The van der Waals surface area contributed by atoms with Gasteiger partial charge in [-0.05, 0) is 17.7 Å². The highest BCUT2D eigenvalue weighted by atomic mass is 19.1. The number of rotatable bonds is 5. The molecule has 1 saturated heterocycles. The number of benzene rings is 1. The second-order valence-electron chi connectivity index (χ2n) is 4.03. The van der Waals surface area contributed by atoms with Crippen molar-refractivity contribution >= 4 is 6.03 Å². The van der Waals surface area contributed by atoms with Crippen LogP contribution in [-0.2, 0) is 6.54 Å². The number of amides is 2. The van der Waals surface area contributed by atoms with E-state index in [9.17, 15) is 9.18 Å². The van der Waals surface area contributed by atoms with E-state index in [1.54, 1.807) is 11.0 Å². The van der Waals surface area contributed by atoms with Crippen LogP contribution in [0.4, 0.5) is 9.18 Å². The van der Waals surface area contributed by atoms with Gasteiger partial charge in [-0.3, -0.25) is 0 Å². The van der Waals surface area contributed by atoms with Gasteiger partial charge in [-0.1, -0.05) is 12.1 Å². The lowest BCUT2D eigenvalue weighted by Gasteiger charge is -2.14. The number of nitrogens with zero attached hydrogens (tertiary/aromatic N) is 1. The minimum atomic E-state index is -0.219. The monoisotopic (exact) mass is 237 g/mol. The van der Waals surface area contributed by atoms with Crippen LogP contribution in [0.15, 0.2) is 24.3 Å². The number of carbonyl (C=O) groups excluding carboxylic acids is 1. The topological polar surface area (TPSA) is 44.4 Å². The zero-order chi connectivity index (χ0) is 12.1. The van der Waals surface area contributed by atoms with Crippen molar-refractivity contribution in [3.05, 3.63) is 35.6 Å². The Bertz CT molecular complexity index is 397. The number of hydrogen-bond donors (Lipinski definition) is 2. The summed E-state index contributed by atoms with van der Waals surface area (Å²) in [6.07, 6.45) is 0. The van der Waals surface area contributed by atoms with E-state index in [1.165, 1.54) is 12.1 Å². The van der Waals surface area contributed by atoms with Crippen molar-refractivity contribution in [1.29, 1.82) is 0 Å². The van der Waals surface area contributed by atoms with Gasteiger partial charge in [0.2, 0.25) is 0 Å². The first-order chi connectivity index (χ1) is 8.25. The molecule has 0 saturated carbocycles. The first kappa shape index (κ1) is 11.9. The molecule has 1 heterocycles. The molecule has 2 amide bonds. The highest BCUT2D eigenvalue weighted by molar-refractivity contribution is 5.76. The fraction of sp³-hybridized carbons (Fsp3) is 0.417. The first-order valence-electron chi connectivity index (χ1n) is 5.73. The van der Waals surface area contributed by atoms with Gasteiger partial charge in [0.25, 0.3) is 0 Å². The van der Waals surface area contributed by atoms with Crippen LogP contribution in [0.1, 0.15) is 5.56 Å². The van der Waals surface area contributed by atoms with Crippen molar-refractivity contribution in [2.24, 2.45) is 0 Å². The van der Waals surface area contributed by atoms with Crippen molar-refractivity contribution < 1.29 is 9.18 Å². The summed E-state index contributed by atoms with van der Waals surface area (Å²) >= 11 is 0. The zero-order valence-electron chi connectivity index (χ0n) is 9.58. The molecule has 1 aliphatic rings. The lowest BCUT2D eigenvalue weighted by atomic mass is 10.2. The summed E-state index contributed by atoms with van der Waals surface area (Å²) in [5, 5.41) is 5.93. The second kappa shape index (κ2) is 5.63. The van der Waals surface area contributed by atoms with Crippen molar-refractivity contribution in [3.63, 3.8) is 0 Å². The second-order valence-corrected chi connectivity index (χ2v) is 4.03. The quantitative estimate of drug-likeness (QED) is 0.749. The maximum Gasteiger partial charge on any atom is 0.317 e. The van der Waals surface area contributed by atoms with Crippen LogP contribution in [-0.4, -0.2) is 37.1 Å². The van der Waals surface area contributed by atoms with Gasteiger partial charge in [0.1, 0.15) is 5.82 Å². The maximum absolute atomic E-state index is 12.9. The molecule has 0 spiro atoms. The molecule has 0 unspecified atom stereocenters. The van der Waals surface area contributed by atoms with E-state index in [0.29, 0.717) is 19.6 Å². The summed E-state index contributed by atoms with van der Waals surface area (Å²) in [7, 11) is 0. The van der Waals surface area contributed by atoms with Gasteiger partial charge in [-0.25, -0.2) is 9.18 Å². The Morgan fingerprint density at radius 2 is 2.35 bits per heavy atom. The molecule has 0 aliphatic carbocycles. The summed E-state index contributed by atoms with van der Waals surface area (Å²) in [6.45, 7) is 3.50. The molecule has 0 aromatic heterocycles. The third-order valence-corrected chi connectivity index (χ3v) is 2.72. The number of hydrogen-bond acceptors (Lipinski definition) is 2. The normalized spacial score (nSPS) is 15.1. The van der Waals surface area contributed by atoms with Crippen molar-refractivity contribution in [1.82, 2.24) is 15.5 Å². The molecule has 1 aliphatic heterocycles. The van der Waals surface area contributed by atoms with Crippen molar-refractivity contribution in [2.75, 3.05) is 26.2 Å². The Hall–Kier alpha value is -1.62. The van der Waals surface area contributed by atoms with Gasteiger partial charge >= 0.3 is 6.03 Å².